The molecule has 0 aromatic carbocycles. The molecule has 7 nitrogen and oxygen atoms in total. The first kappa shape index (κ1) is 18.7. The zero-order valence-corrected chi connectivity index (χ0v) is 15.4. The van der Waals surface area contributed by atoms with Crippen molar-refractivity contribution in [3.63, 3.8) is 0 Å². The summed E-state index contributed by atoms with van der Waals surface area (Å²) in [5.41, 5.74) is 0. The molecule has 0 spiro atoms. The lowest BCUT2D eigenvalue weighted by molar-refractivity contribution is -0.116. The molecule has 0 bridgehead atoms. The molecule has 0 radical (unpaired) electrons. The van der Waals surface area contributed by atoms with Crippen molar-refractivity contribution in [2.24, 2.45) is 23.9 Å². The van der Waals surface area contributed by atoms with Crippen molar-refractivity contribution in [1.82, 2.24) is 15.1 Å². The number of aryl methyl sites for hydroxylation is 1. The van der Waals surface area contributed by atoms with Gasteiger partial charge in [0.15, 0.2) is 5.92 Å². The maximum Gasteiger partial charge on any atom is 0.250 e. The molecule has 1 unspecified atom stereocenters. The molecular weight excluding hydrogens is 336 g/mol. The second kappa shape index (κ2) is 8.99. The molecule has 2 heterocycles. The summed E-state index contributed by atoms with van der Waals surface area (Å²) in [7, 11) is 1.72. The molecular formula is C17H22N6OS. The maximum atomic E-state index is 12.5. The number of carbonyl (C=O) groups is 1. The number of amides is 1. The number of nitriles is 1. The predicted octanol–water partition coefficient (Wildman–Crippen LogP) is 2.40. The number of aliphatic imine (C=N–C) groups is 1. The van der Waals surface area contributed by atoms with E-state index in [1.807, 2.05) is 17.5 Å². The zero-order chi connectivity index (χ0) is 18.2. The van der Waals surface area contributed by atoms with Crippen LogP contribution in [0.4, 0.5) is 5.82 Å². The van der Waals surface area contributed by atoms with E-state index >= 15 is 0 Å². The van der Waals surface area contributed by atoms with E-state index in [1.54, 1.807) is 30.6 Å². The van der Waals surface area contributed by atoms with Crippen LogP contribution in [0.15, 0.2) is 34.8 Å². The quantitative estimate of drug-likeness (QED) is 0.587. The Bertz CT molecular complexity index is 756. The zero-order valence-electron chi connectivity index (χ0n) is 14.6. The van der Waals surface area contributed by atoms with Crippen LogP contribution in [0, 0.1) is 23.2 Å². The number of amidine groups is 1. The lowest BCUT2D eigenvalue weighted by atomic mass is 10.1. The smallest absolute Gasteiger partial charge is 0.250 e. The van der Waals surface area contributed by atoms with Crippen LogP contribution in [0.3, 0.4) is 0 Å². The van der Waals surface area contributed by atoms with E-state index in [0.29, 0.717) is 30.7 Å². The summed E-state index contributed by atoms with van der Waals surface area (Å²) in [6, 6.07) is 7.66. The molecule has 0 aliphatic rings. The van der Waals surface area contributed by atoms with Gasteiger partial charge >= 0.3 is 0 Å². The Morgan fingerprint density at radius 1 is 1.48 bits per heavy atom. The highest BCUT2D eigenvalue weighted by Crippen LogP contribution is 2.12. The summed E-state index contributed by atoms with van der Waals surface area (Å²) < 4.78 is 1.54. The van der Waals surface area contributed by atoms with E-state index < -0.39 is 11.8 Å². The number of aromatic nitrogens is 2. The van der Waals surface area contributed by atoms with Crippen molar-refractivity contribution in [1.29, 1.82) is 5.26 Å². The third-order valence-corrected chi connectivity index (χ3v) is 4.27. The van der Waals surface area contributed by atoms with Gasteiger partial charge in [-0.25, -0.2) is 0 Å². The molecule has 0 aliphatic carbocycles. The molecule has 2 rings (SSSR count). The van der Waals surface area contributed by atoms with Gasteiger partial charge in [-0.15, -0.1) is 11.3 Å². The van der Waals surface area contributed by atoms with Gasteiger partial charge in [0.05, 0.1) is 18.8 Å². The second-order valence-electron chi connectivity index (χ2n) is 5.95. The van der Waals surface area contributed by atoms with Crippen molar-refractivity contribution < 1.29 is 4.79 Å². The van der Waals surface area contributed by atoms with E-state index in [0.717, 1.165) is 4.88 Å². The van der Waals surface area contributed by atoms with Crippen LogP contribution in [-0.4, -0.2) is 28.1 Å². The van der Waals surface area contributed by atoms with Crippen LogP contribution in [-0.2, 0) is 18.4 Å². The summed E-state index contributed by atoms with van der Waals surface area (Å²) in [4.78, 5) is 18.1. The molecule has 1 atom stereocenters. The van der Waals surface area contributed by atoms with E-state index in [9.17, 15) is 10.1 Å². The van der Waals surface area contributed by atoms with Crippen LogP contribution < -0.4 is 10.6 Å². The van der Waals surface area contributed by atoms with E-state index in [2.05, 4.69) is 40.6 Å². The molecule has 0 saturated heterocycles. The highest BCUT2D eigenvalue weighted by molar-refractivity contribution is 7.09. The van der Waals surface area contributed by atoms with Crippen LogP contribution >= 0.6 is 11.3 Å². The van der Waals surface area contributed by atoms with Crippen LogP contribution in [0.5, 0.6) is 0 Å². The van der Waals surface area contributed by atoms with Crippen molar-refractivity contribution in [2.45, 2.75) is 20.4 Å². The highest BCUT2D eigenvalue weighted by Gasteiger charge is 2.25. The third-order valence-electron chi connectivity index (χ3n) is 3.41. The maximum absolute atomic E-state index is 12.5. The third kappa shape index (κ3) is 5.43. The minimum Gasteiger partial charge on any atom is -0.372 e. The molecule has 2 N–H and O–H groups in total. The number of hydrogen-bond donors (Lipinski definition) is 2. The van der Waals surface area contributed by atoms with Crippen LogP contribution in [0.25, 0.3) is 0 Å². The van der Waals surface area contributed by atoms with Gasteiger partial charge in [0.1, 0.15) is 11.7 Å². The molecule has 8 heteroatoms. The number of anilines is 1. The fourth-order valence-corrected chi connectivity index (χ4v) is 2.69. The SMILES string of the molecule is CC(C)CNC(=NCc1cccs1)C(C#N)C(=O)Nc1ccnn1C. The Kier molecular flexibility index (Phi) is 6.71. The van der Waals surface area contributed by atoms with Gasteiger partial charge in [-0.2, -0.15) is 10.4 Å². The molecule has 0 fully saturated rings. The number of rotatable bonds is 7. The Balaban J connectivity index is 2.16. The minimum atomic E-state index is -1.01. The first-order valence-corrected chi connectivity index (χ1v) is 8.88. The summed E-state index contributed by atoms with van der Waals surface area (Å²) >= 11 is 1.59. The van der Waals surface area contributed by atoms with Gasteiger partial charge < -0.3 is 10.6 Å². The Labute approximate surface area is 151 Å². The molecule has 0 saturated carbocycles. The minimum absolute atomic E-state index is 0.367. The number of hydrogen-bond acceptors (Lipinski definition) is 5. The van der Waals surface area contributed by atoms with Crippen LogP contribution in [0.1, 0.15) is 18.7 Å². The highest BCUT2D eigenvalue weighted by atomic mass is 32.1. The van der Waals surface area contributed by atoms with Gasteiger partial charge in [-0.1, -0.05) is 19.9 Å². The molecule has 2 aromatic heterocycles. The molecule has 132 valence electrons. The predicted molar refractivity (Wildman–Crippen MR) is 99.2 cm³/mol. The van der Waals surface area contributed by atoms with Gasteiger partial charge in [0.2, 0.25) is 0 Å². The molecule has 1 amide bonds. The number of thiophene rings is 1. The van der Waals surface area contributed by atoms with Gasteiger partial charge in [0.25, 0.3) is 5.91 Å². The van der Waals surface area contributed by atoms with Crippen molar-refractivity contribution in [2.75, 3.05) is 11.9 Å². The monoisotopic (exact) mass is 358 g/mol. The Morgan fingerprint density at radius 3 is 2.84 bits per heavy atom. The summed E-state index contributed by atoms with van der Waals surface area (Å²) in [6.07, 6.45) is 1.58. The average molecular weight is 358 g/mol. The lowest BCUT2D eigenvalue weighted by Crippen LogP contribution is -2.39. The number of nitrogens with zero attached hydrogens (tertiary/aromatic N) is 4. The Morgan fingerprint density at radius 2 is 2.28 bits per heavy atom. The van der Waals surface area contributed by atoms with E-state index in [1.165, 1.54) is 4.68 Å². The summed E-state index contributed by atoms with van der Waals surface area (Å²) in [5.74, 6) is -0.136. The molecule has 2 aromatic rings. The normalized spacial score (nSPS) is 12.7. The van der Waals surface area contributed by atoms with E-state index in [-0.39, 0.29) is 0 Å². The average Bonchev–Trinajstić information content (AvgIpc) is 3.22. The first-order chi connectivity index (χ1) is 12.0. The van der Waals surface area contributed by atoms with Crippen molar-refractivity contribution in [3.8, 4) is 6.07 Å². The number of carbonyl (C=O) groups excluding carboxylic acids is 1. The number of nitrogens with one attached hydrogen (secondary N) is 2. The van der Waals surface area contributed by atoms with Crippen molar-refractivity contribution in [3.05, 3.63) is 34.7 Å². The summed E-state index contributed by atoms with van der Waals surface area (Å²) in [6.45, 7) is 5.19. The largest absolute Gasteiger partial charge is 0.372 e. The fourth-order valence-electron chi connectivity index (χ4n) is 2.06. The standard InChI is InChI=1S/C17H22N6OS/c1-12(2)10-19-16(20-11-13-5-4-8-25-13)14(9-18)17(24)22-15-6-7-21-23(15)3/h4-8,12,14H,10-11H2,1-3H3,(H,19,20)(H,22,24). The lowest BCUT2D eigenvalue weighted by Gasteiger charge is -2.16. The topological polar surface area (TPSA) is 95.1 Å². The van der Waals surface area contributed by atoms with Crippen molar-refractivity contribution >= 4 is 28.9 Å². The van der Waals surface area contributed by atoms with Gasteiger partial charge in [0, 0.05) is 24.5 Å². The van der Waals surface area contributed by atoms with Gasteiger partial charge in [-0.3, -0.25) is 14.5 Å². The van der Waals surface area contributed by atoms with Gasteiger partial charge in [-0.05, 0) is 17.4 Å². The first-order valence-electron chi connectivity index (χ1n) is 8.00. The van der Waals surface area contributed by atoms with Crippen LogP contribution in [0.2, 0.25) is 0 Å². The van der Waals surface area contributed by atoms with E-state index in [4.69, 9.17) is 0 Å². The molecule has 25 heavy (non-hydrogen) atoms. The summed E-state index contributed by atoms with van der Waals surface area (Å²) in [5, 5.41) is 21.4. The Hall–Kier alpha value is -2.66. The fraction of sp³-hybridized carbons (Fsp3) is 0.412. The molecule has 0 aliphatic heterocycles. The second-order valence-corrected chi connectivity index (χ2v) is 6.98.